The molecule has 1 amide bonds. The van der Waals surface area contributed by atoms with E-state index >= 15 is 0 Å². The third kappa shape index (κ3) is 4.43. The number of hydrogen-bond acceptors (Lipinski definition) is 5. The summed E-state index contributed by atoms with van der Waals surface area (Å²) >= 11 is 0. The number of aryl methyl sites for hydroxylation is 1. The van der Waals surface area contributed by atoms with Gasteiger partial charge in [-0.15, -0.1) is 0 Å². The average Bonchev–Trinajstić information content (AvgIpc) is 2.98. The molecule has 1 heterocycles. The Hall–Kier alpha value is -2.50. The highest BCUT2D eigenvalue weighted by atomic mass is 16.5. The molecule has 2 atom stereocenters. The first-order valence-electron chi connectivity index (χ1n) is 9.62. The van der Waals surface area contributed by atoms with Crippen LogP contribution in [0, 0.1) is 12.8 Å². The topological polar surface area (TPSA) is 77.8 Å². The summed E-state index contributed by atoms with van der Waals surface area (Å²) in [6.07, 6.45) is 4.42. The molecule has 1 aromatic carbocycles. The van der Waals surface area contributed by atoms with E-state index in [1.54, 1.807) is 19.1 Å². The first kappa shape index (κ1) is 19.3. The van der Waals surface area contributed by atoms with Crippen molar-refractivity contribution in [1.82, 2.24) is 5.32 Å². The van der Waals surface area contributed by atoms with Crippen molar-refractivity contribution in [2.75, 3.05) is 13.2 Å². The number of furan rings is 1. The summed E-state index contributed by atoms with van der Waals surface area (Å²) in [6.45, 7) is 6.11. The second kappa shape index (κ2) is 8.46. The second-order valence-corrected chi connectivity index (χ2v) is 7.16. The molecule has 2 aromatic rings. The highest BCUT2D eigenvalue weighted by Crippen LogP contribution is 2.29. The van der Waals surface area contributed by atoms with Crippen LogP contribution >= 0.6 is 0 Å². The first-order valence-corrected chi connectivity index (χ1v) is 9.62. The number of amides is 1. The Labute approximate surface area is 159 Å². The molecular formula is C21H27NO5. The van der Waals surface area contributed by atoms with Gasteiger partial charge in [0.2, 0.25) is 5.76 Å². The van der Waals surface area contributed by atoms with Crippen LogP contribution in [0.5, 0.6) is 5.75 Å². The van der Waals surface area contributed by atoms with Gasteiger partial charge in [0, 0.05) is 17.0 Å². The largest absolute Gasteiger partial charge is 0.494 e. The van der Waals surface area contributed by atoms with Gasteiger partial charge in [0.1, 0.15) is 11.3 Å². The number of hydrogen-bond donors (Lipinski definition) is 1. The molecular weight excluding hydrogens is 346 g/mol. The standard InChI is InChI=1S/C21H27NO5/c1-4-25-15-9-10-18-16(11-15)14(3)20(27-18)21(24)26-12-19(23)22-17-8-6-5-7-13(17)2/h9-11,13,17H,4-8,12H2,1-3H3,(H,22,23)/t13-,17+/m0/s1. The van der Waals surface area contributed by atoms with E-state index in [1.165, 1.54) is 6.42 Å². The summed E-state index contributed by atoms with van der Waals surface area (Å²) in [5.74, 6) is 0.394. The zero-order chi connectivity index (χ0) is 19.4. The van der Waals surface area contributed by atoms with Crippen molar-refractivity contribution in [1.29, 1.82) is 0 Å². The molecule has 0 saturated heterocycles. The molecule has 6 heteroatoms. The van der Waals surface area contributed by atoms with E-state index in [-0.39, 0.29) is 24.3 Å². The smallest absolute Gasteiger partial charge is 0.375 e. The molecule has 0 aliphatic heterocycles. The molecule has 27 heavy (non-hydrogen) atoms. The SMILES string of the molecule is CCOc1ccc2oc(C(=O)OCC(=O)N[C@@H]3CCCC[C@@H]3C)c(C)c2c1. The fourth-order valence-electron chi connectivity index (χ4n) is 3.63. The second-order valence-electron chi connectivity index (χ2n) is 7.16. The van der Waals surface area contributed by atoms with Gasteiger partial charge in [-0.05, 0) is 50.8 Å². The third-order valence-electron chi connectivity index (χ3n) is 5.20. The Morgan fingerprint density at radius 3 is 2.78 bits per heavy atom. The highest BCUT2D eigenvalue weighted by Gasteiger charge is 2.24. The third-order valence-corrected chi connectivity index (χ3v) is 5.20. The van der Waals surface area contributed by atoms with Gasteiger partial charge in [0.15, 0.2) is 6.61 Å². The van der Waals surface area contributed by atoms with Crippen LogP contribution in [0.25, 0.3) is 11.0 Å². The van der Waals surface area contributed by atoms with Gasteiger partial charge < -0.3 is 19.2 Å². The van der Waals surface area contributed by atoms with Crippen LogP contribution in [-0.4, -0.2) is 31.1 Å². The monoisotopic (exact) mass is 373 g/mol. The van der Waals surface area contributed by atoms with Gasteiger partial charge in [0.05, 0.1) is 6.61 Å². The van der Waals surface area contributed by atoms with Crippen molar-refractivity contribution in [3.8, 4) is 5.75 Å². The molecule has 1 aromatic heterocycles. The van der Waals surface area contributed by atoms with Crippen molar-refractivity contribution in [3.63, 3.8) is 0 Å². The number of benzene rings is 1. The summed E-state index contributed by atoms with van der Waals surface area (Å²) < 4.78 is 16.3. The summed E-state index contributed by atoms with van der Waals surface area (Å²) in [5.41, 5.74) is 1.27. The highest BCUT2D eigenvalue weighted by molar-refractivity contribution is 5.97. The molecule has 1 aliphatic carbocycles. The Kier molecular flexibility index (Phi) is 6.04. The minimum absolute atomic E-state index is 0.123. The number of carbonyl (C=O) groups is 2. The van der Waals surface area contributed by atoms with Gasteiger partial charge in [-0.2, -0.15) is 0 Å². The normalized spacial score (nSPS) is 19.7. The lowest BCUT2D eigenvalue weighted by Crippen LogP contribution is -2.42. The number of ether oxygens (including phenoxy) is 2. The maximum Gasteiger partial charge on any atom is 0.375 e. The van der Waals surface area contributed by atoms with Gasteiger partial charge in [-0.3, -0.25) is 4.79 Å². The maximum absolute atomic E-state index is 12.4. The summed E-state index contributed by atoms with van der Waals surface area (Å²) in [7, 11) is 0. The van der Waals surface area contributed by atoms with Crippen molar-refractivity contribution >= 4 is 22.8 Å². The molecule has 0 radical (unpaired) electrons. The number of rotatable bonds is 6. The predicted octanol–water partition coefficient (Wildman–Crippen LogP) is 3.99. The molecule has 0 unspecified atom stereocenters. The fraction of sp³-hybridized carbons (Fsp3) is 0.524. The van der Waals surface area contributed by atoms with Crippen LogP contribution in [0.4, 0.5) is 0 Å². The van der Waals surface area contributed by atoms with Crippen LogP contribution in [0.3, 0.4) is 0 Å². The Morgan fingerprint density at radius 1 is 1.26 bits per heavy atom. The lowest BCUT2D eigenvalue weighted by Gasteiger charge is -2.29. The molecule has 0 bridgehead atoms. The Morgan fingerprint density at radius 2 is 2.04 bits per heavy atom. The number of nitrogens with one attached hydrogen (secondary N) is 1. The number of carbonyl (C=O) groups excluding carboxylic acids is 2. The van der Waals surface area contributed by atoms with Crippen LogP contribution in [0.2, 0.25) is 0 Å². The summed E-state index contributed by atoms with van der Waals surface area (Å²) in [5, 5.41) is 3.77. The molecule has 6 nitrogen and oxygen atoms in total. The first-order chi connectivity index (χ1) is 13.0. The molecule has 1 N–H and O–H groups in total. The van der Waals surface area contributed by atoms with E-state index < -0.39 is 5.97 Å². The molecule has 1 aliphatic rings. The van der Waals surface area contributed by atoms with E-state index in [1.807, 2.05) is 13.0 Å². The number of fused-ring (bicyclic) bond motifs is 1. The van der Waals surface area contributed by atoms with Crippen LogP contribution < -0.4 is 10.1 Å². The van der Waals surface area contributed by atoms with Gasteiger partial charge in [-0.1, -0.05) is 19.8 Å². The van der Waals surface area contributed by atoms with Gasteiger partial charge in [-0.25, -0.2) is 4.79 Å². The quantitative estimate of drug-likeness (QED) is 0.775. The fourth-order valence-corrected chi connectivity index (χ4v) is 3.63. The number of esters is 1. The maximum atomic E-state index is 12.4. The minimum atomic E-state index is -0.631. The molecule has 1 fully saturated rings. The van der Waals surface area contributed by atoms with Crippen molar-refractivity contribution in [2.24, 2.45) is 5.92 Å². The molecule has 146 valence electrons. The minimum Gasteiger partial charge on any atom is -0.494 e. The van der Waals surface area contributed by atoms with Gasteiger partial charge >= 0.3 is 5.97 Å². The van der Waals surface area contributed by atoms with E-state index in [2.05, 4.69) is 12.2 Å². The van der Waals surface area contributed by atoms with Gasteiger partial charge in [0.25, 0.3) is 5.91 Å². The van der Waals surface area contributed by atoms with Crippen molar-refractivity contribution in [3.05, 3.63) is 29.5 Å². The zero-order valence-corrected chi connectivity index (χ0v) is 16.2. The van der Waals surface area contributed by atoms with Crippen LogP contribution in [-0.2, 0) is 9.53 Å². The predicted molar refractivity (Wildman–Crippen MR) is 102 cm³/mol. The Balaban J connectivity index is 1.62. The molecule has 1 saturated carbocycles. The summed E-state index contributed by atoms with van der Waals surface area (Å²) in [6, 6.07) is 5.56. The van der Waals surface area contributed by atoms with Crippen LogP contribution in [0.15, 0.2) is 22.6 Å². The van der Waals surface area contributed by atoms with E-state index in [0.717, 1.165) is 30.4 Å². The van der Waals surface area contributed by atoms with E-state index in [4.69, 9.17) is 13.9 Å². The molecule has 0 spiro atoms. The van der Waals surface area contributed by atoms with E-state index in [0.29, 0.717) is 23.7 Å². The van der Waals surface area contributed by atoms with Crippen LogP contribution in [0.1, 0.15) is 55.6 Å². The Bertz CT molecular complexity index is 825. The summed E-state index contributed by atoms with van der Waals surface area (Å²) in [4.78, 5) is 24.5. The lowest BCUT2D eigenvalue weighted by atomic mass is 9.86. The van der Waals surface area contributed by atoms with E-state index in [9.17, 15) is 9.59 Å². The van der Waals surface area contributed by atoms with Crippen molar-refractivity contribution in [2.45, 2.75) is 52.5 Å². The zero-order valence-electron chi connectivity index (χ0n) is 16.2. The lowest BCUT2D eigenvalue weighted by molar-refractivity contribution is -0.125. The van der Waals surface area contributed by atoms with Crippen molar-refractivity contribution < 1.29 is 23.5 Å². The molecule has 3 rings (SSSR count). The average molecular weight is 373 g/mol.